The number of benzene rings is 1. The fourth-order valence-corrected chi connectivity index (χ4v) is 3.61. The van der Waals surface area contributed by atoms with E-state index in [4.69, 9.17) is 5.11 Å². The highest BCUT2D eigenvalue weighted by Crippen LogP contribution is 2.25. The molecule has 0 spiro atoms. The van der Waals surface area contributed by atoms with Crippen molar-refractivity contribution in [1.29, 1.82) is 0 Å². The molecule has 3 aromatic heterocycles. The molecule has 30 heavy (non-hydrogen) atoms. The number of hydrogen-bond donors (Lipinski definition) is 3. The number of amides is 2. The van der Waals surface area contributed by atoms with Gasteiger partial charge in [0.25, 0.3) is 0 Å². The zero-order chi connectivity index (χ0) is 21.1. The van der Waals surface area contributed by atoms with Gasteiger partial charge in [0, 0.05) is 17.4 Å². The highest BCUT2D eigenvalue weighted by molar-refractivity contribution is 7.12. The molecule has 10 heteroatoms. The number of fused-ring (bicyclic) bond motifs is 1. The number of carbonyl (C=O) groups excluding carboxylic acids is 2. The van der Waals surface area contributed by atoms with Gasteiger partial charge in [-0.25, -0.2) is 14.3 Å². The first-order valence-electron chi connectivity index (χ1n) is 8.81. The summed E-state index contributed by atoms with van der Waals surface area (Å²) in [5.74, 6) is -0.631. The fraction of sp³-hybridized carbons (Fsp3) is 0.0500. The first kappa shape index (κ1) is 19.3. The lowest BCUT2D eigenvalue weighted by Gasteiger charge is -2.09. The number of anilines is 1. The molecule has 0 aliphatic heterocycles. The lowest BCUT2D eigenvalue weighted by Crippen LogP contribution is -2.31. The molecule has 0 fully saturated rings. The topological polar surface area (TPSA) is 126 Å². The van der Waals surface area contributed by atoms with Gasteiger partial charge in [-0.3, -0.25) is 9.59 Å². The number of thiophene rings is 1. The minimum atomic E-state index is -1.27. The lowest BCUT2D eigenvalue weighted by atomic mass is 10.1. The van der Waals surface area contributed by atoms with Crippen LogP contribution >= 0.6 is 11.3 Å². The van der Waals surface area contributed by atoms with Crippen molar-refractivity contribution < 1.29 is 19.5 Å². The van der Waals surface area contributed by atoms with E-state index in [2.05, 4.69) is 15.4 Å². The van der Waals surface area contributed by atoms with Crippen LogP contribution < -0.4 is 10.6 Å². The maximum absolute atomic E-state index is 12.7. The van der Waals surface area contributed by atoms with Gasteiger partial charge in [0.05, 0.1) is 22.3 Å². The van der Waals surface area contributed by atoms with Crippen LogP contribution in [0.25, 0.3) is 16.9 Å². The average molecular weight is 421 g/mol. The number of rotatable bonds is 6. The first-order valence-corrected chi connectivity index (χ1v) is 9.69. The summed E-state index contributed by atoms with van der Waals surface area (Å²) < 4.78 is 1.58. The Kier molecular flexibility index (Phi) is 5.22. The summed E-state index contributed by atoms with van der Waals surface area (Å²) in [5, 5.41) is 19.4. The number of carbonyl (C=O) groups is 3. The van der Waals surface area contributed by atoms with E-state index < -0.39 is 12.0 Å². The van der Waals surface area contributed by atoms with Crippen LogP contribution in [0.1, 0.15) is 15.2 Å². The molecule has 0 aliphatic carbocycles. The molecule has 1 aromatic carbocycles. The molecule has 3 heterocycles. The van der Waals surface area contributed by atoms with E-state index in [1.165, 1.54) is 17.5 Å². The Morgan fingerprint density at radius 3 is 2.77 bits per heavy atom. The summed E-state index contributed by atoms with van der Waals surface area (Å²) >= 11 is 1.36. The zero-order valence-corrected chi connectivity index (χ0v) is 16.2. The van der Waals surface area contributed by atoms with Crippen molar-refractivity contribution in [2.45, 2.75) is 0 Å². The molecule has 0 unspecified atom stereocenters. The van der Waals surface area contributed by atoms with Gasteiger partial charge in [0.15, 0.2) is 5.65 Å². The molecule has 0 radical (unpaired) electrons. The monoisotopic (exact) mass is 421 g/mol. The van der Waals surface area contributed by atoms with E-state index in [9.17, 15) is 14.4 Å². The normalized spacial score (nSPS) is 10.7. The quantitative estimate of drug-likeness (QED) is 0.411. The van der Waals surface area contributed by atoms with Gasteiger partial charge in [0.1, 0.15) is 6.54 Å². The highest BCUT2D eigenvalue weighted by atomic mass is 32.1. The number of carboxylic acid groups (broad SMARTS) is 1. The Bertz CT molecular complexity index is 1250. The molecular weight excluding hydrogens is 406 g/mol. The second-order valence-electron chi connectivity index (χ2n) is 6.22. The van der Waals surface area contributed by atoms with E-state index >= 15 is 0 Å². The number of ketones is 1. The van der Waals surface area contributed by atoms with Crippen LogP contribution in [0.5, 0.6) is 0 Å². The summed E-state index contributed by atoms with van der Waals surface area (Å²) in [6, 6.07) is 12.3. The molecule has 4 aromatic rings. The van der Waals surface area contributed by atoms with Gasteiger partial charge in [-0.15, -0.1) is 11.3 Å². The van der Waals surface area contributed by atoms with E-state index in [0.29, 0.717) is 27.5 Å². The minimum absolute atomic E-state index is 0.142. The Morgan fingerprint density at radius 2 is 2.00 bits per heavy atom. The van der Waals surface area contributed by atoms with Crippen molar-refractivity contribution in [2.24, 2.45) is 0 Å². The number of nitrogens with zero attached hydrogens (tertiary/aromatic N) is 3. The molecule has 150 valence electrons. The minimum Gasteiger partial charge on any atom is -0.465 e. The van der Waals surface area contributed by atoms with E-state index in [1.54, 1.807) is 41.0 Å². The van der Waals surface area contributed by atoms with Crippen LogP contribution in [0.4, 0.5) is 10.5 Å². The van der Waals surface area contributed by atoms with Crippen molar-refractivity contribution in [1.82, 2.24) is 19.9 Å². The Labute approximate surface area is 174 Å². The first-order chi connectivity index (χ1) is 14.5. The van der Waals surface area contributed by atoms with Gasteiger partial charge in [-0.05, 0) is 29.6 Å². The molecule has 0 saturated carbocycles. The Morgan fingerprint density at radius 1 is 1.13 bits per heavy atom. The van der Waals surface area contributed by atoms with E-state index in [-0.39, 0.29) is 12.3 Å². The average Bonchev–Trinajstić information content (AvgIpc) is 3.42. The number of hydrogen-bond acceptors (Lipinski definition) is 6. The van der Waals surface area contributed by atoms with Gasteiger partial charge in [0.2, 0.25) is 11.7 Å². The van der Waals surface area contributed by atoms with Crippen LogP contribution in [0.15, 0.2) is 60.2 Å². The summed E-state index contributed by atoms with van der Waals surface area (Å²) in [6.07, 6.45) is 1.82. The predicted octanol–water partition coefficient (Wildman–Crippen LogP) is 2.89. The third kappa shape index (κ3) is 3.89. The second-order valence-corrected chi connectivity index (χ2v) is 7.17. The molecule has 9 nitrogen and oxygen atoms in total. The smallest absolute Gasteiger partial charge is 0.405 e. The maximum atomic E-state index is 12.7. The summed E-state index contributed by atoms with van der Waals surface area (Å²) in [7, 11) is 0. The van der Waals surface area contributed by atoms with E-state index in [1.807, 2.05) is 22.8 Å². The SMILES string of the molecule is O=C(O)NCC(=O)Nc1cccc(-c2ccnc3c(C(=O)c4cccs4)cnn23)c1. The fourth-order valence-electron chi connectivity index (χ4n) is 2.93. The van der Waals surface area contributed by atoms with Gasteiger partial charge in [-0.1, -0.05) is 18.2 Å². The van der Waals surface area contributed by atoms with Crippen LogP contribution in [-0.4, -0.2) is 44.0 Å². The van der Waals surface area contributed by atoms with E-state index in [0.717, 1.165) is 5.56 Å². The van der Waals surface area contributed by atoms with Gasteiger partial charge < -0.3 is 15.7 Å². The van der Waals surface area contributed by atoms with Crippen molar-refractivity contribution in [3.8, 4) is 11.3 Å². The predicted molar refractivity (Wildman–Crippen MR) is 111 cm³/mol. The van der Waals surface area contributed by atoms with Gasteiger partial charge >= 0.3 is 6.09 Å². The van der Waals surface area contributed by atoms with Crippen molar-refractivity contribution in [2.75, 3.05) is 11.9 Å². The molecule has 2 amide bonds. The van der Waals surface area contributed by atoms with Crippen molar-refractivity contribution in [3.63, 3.8) is 0 Å². The highest BCUT2D eigenvalue weighted by Gasteiger charge is 2.18. The molecule has 3 N–H and O–H groups in total. The van der Waals surface area contributed by atoms with Crippen LogP contribution in [0, 0.1) is 0 Å². The molecule has 0 atom stereocenters. The Balaban J connectivity index is 1.65. The summed E-state index contributed by atoms with van der Waals surface area (Å²) in [5.41, 5.74) is 2.76. The van der Waals surface area contributed by atoms with Crippen LogP contribution in [0.3, 0.4) is 0 Å². The molecule has 4 rings (SSSR count). The van der Waals surface area contributed by atoms with Crippen molar-refractivity contribution in [3.05, 3.63) is 70.7 Å². The molecular formula is C20H15N5O4S. The molecule has 0 aliphatic rings. The standard InChI is InChI=1S/C20H15N5O4S/c26-17(11-22-20(28)29)24-13-4-1-3-12(9-13)15-6-7-21-19-14(10-23-25(15)19)18(27)16-5-2-8-30-16/h1-10,22H,11H2,(H,24,26)(H,28,29). The van der Waals surface area contributed by atoms with Crippen LogP contribution in [-0.2, 0) is 4.79 Å². The largest absolute Gasteiger partial charge is 0.465 e. The maximum Gasteiger partial charge on any atom is 0.405 e. The third-order valence-electron chi connectivity index (χ3n) is 4.23. The van der Waals surface area contributed by atoms with Crippen molar-refractivity contribution >= 4 is 40.5 Å². The molecule has 0 bridgehead atoms. The lowest BCUT2D eigenvalue weighted by molar-refractivity contribution is -0.115. The summed E-state index contributed by atoms with van der Waals surface area (Å²) in [6.45, 7) is -0.355. The second kappa shape index (κ2) is 8.13. The molecule has 0 saturated heterocycles. The summed E-state index contributed by atoms with van der Waals surface area (Å²) in [4.78, 5) is 40.0. The van der Waals surface area contributed by atoms with Gasteiger partial charge in [-0.2, -0.15) is 5.10 Å². The number of aromatic nitrogens is 3. The Hall–Kier alpha value is -4.05. The number of nitrogens with one attached hydrogen (secondary N) is 2. The van der Waals surface area contributed by atoms with Crippen LogP contribution in [0.2, 0.25) is 0 Å². The zero-order valence-electron chi connectivity index (χ0n) is 15.4. The third-order valence-corrected chi connectivity index (χ3v) is 5.10.